The van der Waals surface area contributed by atoms with Crippen LogP contribution in [-0.4, -0.2) is 27.3 Å². The maximum absolute atomic E-state index is 12.2. The Morgan fingerprint density at radius 1 is 1.11 bits per heavy atom. The van der Waals surface area contributed by atoms with Crippen LogP contribution in [0.3, 0.4) is 0 Å². The van der Waals surface area contributed by atoms with Gasteiger partial charge in [0.15, 0.2) is 11.5 Å². The van der Waals surface area contributed by atoms with E-state index in [1.54, 1.807) is 14.2 Å². The summed E-state index contributed by atoms with van der Waals surface area (Å²) >= 11 is 0. The SMILES string of the molecule is COC(=O)C1(c2ccc(OC)c(OC)c2)CC1(C)C. The number of carbonyl (C=O) groups is 1. The number of hydrogen-bond donors (Lipinski definition) is 0. The van der Waals surface area contributed by atoms with E-state index in [1.807, 2.05) is 18.2 Å². The number of ether oxygens (including phenoxy) is 3. The first-order valence-corrected chi connectivity index (χ1v) is 6.24. The lowest BCUT2D eigenvalue weighted by molar-refractivity contribution is -0.144. The van der Waals surface area contributed by atoms with E-state index in [9.17, 15) is 4.79 Å². The molecule has 1 atom stereocenters. The molecule has 1 aliphatic carbocycles. The highest BCUT2D eigenvalue weighted by molar-refractivity contribution is 5.89. The molecule has 0 aliphatic heterocycles. The molecular weight excluding hydrogens is 244 g/mol. The monoisotopic (exact) mass is 264 g/mol. The molecule has 0 amide bonds. The van der Waals surface area contributed by atoms with Gasteiger partial charge in [0.25, 0.3) is 0 Å². The number of methoxy groups -OCH3 is 3. The van der Waals surface area contributed by atoms with E-state index >= 15 is 0 Å². The van der Waals surface area contributed by atoms with Gasteiger partial charge >= 0.3 is 5.97 Å². The Balaban J connectivity index is 2.49. The number of benzene rings is 1. The molecule has 4 nitrogen and oxygen atoms in total. The van der Waals surface area contributed by atoms with E-state index in [2.05, 4.69) is 13.8 Å². The fourth-order valence-corrected chi connectivity index (χ4v) is 2.85. The zero-order valence-corrected chi connectivity index (χ0v) is 12.1. The van der Waals surface area contributed by atoms with Crippen molar-refractivity contribution in [2.24, 2.45) is 5.41 Å². The van der Waals surface area contributed by atoms with Crippen LogP contribution in [-0.2, 0) is 14.9 Å². The minimum Gasteiger partial charge on any atom is -0.493 e. The Kier molecular flexibility index (Phi) is 3.20. The predicted octanol–water partition coefficient (Wildman–Crippen LogP) is 2.54. The van der Waals surface area contributed by atoms with E-state index in [4.69, 9.17) is 14.2 Å². The molecule has 1 fully saturated rings. The first kappa shape index (κ1) is 13.7. The van der Waals surface area contributed by atoms with Crippen LogP contribution >= 0.6 is 0 Å². The molecule has 1 saturated carbocycles. The molecule has 1 aromatic carbocycles. The normalized spacial score (nSPS) is 23.6. The van der Waals surface area contributed by atoms with E-state index < -0.39 is 5.41 Å². The summed E-state index contributed by atoms with van der Waals surface area (Å²) in [5.74, 6) is 1.10. The summed E-state index contributed by atoms with van der Waals surface area (Å²) in [5, 5.41) is 0. The minimum atomic E-state index is -0.568. The third-order valence-corrected chi connectivity index (χ3v) is 4.15. The summed E-state index contributed by atoms with van der Waals surface area (Å²) in [5.41, 5.74) is 0.253. The maximum Gasteiger partial charge on any atom is 0.316 e. The van der Waals surface area contributed by atoms with Crippen LogP contribution in [0.2, 0.25) is 0 Å². The lowest BCUT2D eigenvalue weighted by atomic mass is 9.87. The molecular formula is C15H20O4. The molecule has 0 bridgehead atoms. The Morgan fingerprint density at radius 2 is 1.68 bits per heavy atom. The molecule has 1 aliphatic rings. The second kappa shape index (κ2) is 4.44. The van der Waals surface area contributed by atoms with Crippen LogP contribution in [0.15, 0.2) is 18.2 Å². The molecule has 1 aromatic rings. The van der Waals surface area contributed by atoms with Gasteiger partial charge in [-0.3, -0.25) is 4.79 Å². The summed E-state index contributed by atoms with van der Waals surface area (Å²) in [7, 11) is 4.61. The van der Waals surface area contributed by atoms with Crippen LogP contribution in [0, 0.1) is 5.41 Å². The molecule has 0 spiro atoms. The van der Waals surface area contributed by atoms with Gasteiger partial charge in [-0.1, -0.05) is 19.9 Å². The van der Waals surface area contributed by atoms with Gasteiger partial charge in [0.05, 0.1) is 26.7 Å². The van der Waals surface area contributed by atoms with Gasteiger partial charge in [-0.15, -0.1) is 0 Å². The quantitative estimate of drug-likeness (QED) is 0.784. The number of rotatable bonds is 4. The highest BCUT2D eigenvalue weighted by atomic mass is 16.5. The first-order valence-electron chi connectivity index (χ1n) is 6.24. The molecule has 1 unspecified atom stereocenters. The van der Waals surface area contributed by atoms with Gasteiger partial charge in [0, 0.05) is 0 Å². The molecule has 0 saturated heterocycles. The molecule has 19 heavy (non-hydrogen) atoms. The average Bonchev–Trinajstić information content (AvgIpc) is 3.01. The third kappa shape index (κ3) is 1.86. The standard InChI is InChI=1S/C15H20O4/c1-14(2)9-15(14,13(16)19-5)10-6-7-11(17-3)12(8-10)18-4/h6-8H,9H2,1-5H3. The summed E-state index contributed by atoms with van der Waals surface area (Å²) in [6, 6.07) is 5.60. The Hall–Kier alpha value is -1.71. The highest BCUT2D eigenvalue weighted by Crippen LogP contribution is 2.65. The molecule has 4 heteroatoms. The number of hydrogen-bond acceptors (Lipinski definition) is 4. The molecule has 0 radical (unpaired) electrons. The Bertz CT molecular complexity index is 507. The lowest BCUT2D eigenvalue weighted by Crippen LogP contribution is -2.27. The van der Waals surface area contributed by atoms with E-state index in [0.29, 0.717) is 11.5 Å². The average molecular weight is 264 g/mol. The van der Waals surface area contributed by atoms with Crippen LogP contribution in [0.5, 0.6) is 11.5 Å². The zero-order chi connectivity index (χ0) is 14.3. The Labute approximate surface area is 113 Å². The molecule has 0 heterocycles. The van der Waals surface area contributed by atoms with Gasteiger partial charge in [-0.05, 0) is 29.5 Å². The third-order valence-electron chi connectivity index (χ3n) is 4.15. The smallest absolute Gasteiger partial charge is 0.316 e. The predicted molar refractivity (Wildman–Crippen MR) is 71.6 cm³/mol. The van der Waals surface area contributed by atoms with E-state index in [-0.39, 0.29) is 11.4 Å². The zero-order valence-electron chi connectivity index (χ0n) is 12.1. The van der Waals surface area contributed by atoms with Gasteiger partial charge in [0.2, 0.25) is 0 Å². The fourth-order valence-electron chi connectivity index (χ4n) is 2.85. The van der Waals surface area contributed by atoms with Crippen LogP contribution in [0.4, 0.5) is 0 Å². The minimum absolute atomic E-state index is 0.0975. The van der Waals surface area contributed by atoms with Gasteiger partial charge in [-0.25, -0.2) is 0 Å². The highest BCUT2D eigenvalue weighted by Gasteiger charge is 2.68. The van der Waals surface area contributed by atoms with E-state index in [1.165, 1.54) is 7.11 Å². The van der Waals surface area contributed by atoms with E-state index in [0.717, 1.165) is 12.0 Å². The van der Waals surface area contributed by atoms with Crippen LogP contribution in [0.25, 0.3) is 0 Å². The topological polar surface area (TPSA) is 44.8 Å². The van der Waals surface area contributed by atoms with Crippen molar-refractivity contribution in [3.63, 3.8) is 0 Å². The van der Waals surface area contributed by atoms with Crippen molar-refractivity contribution >= 4 is 5.97 Å². The molecule has 0 N–H and O–H groups in total. The van der Waals surface area contributed by atoms with Crippen LogP contribution < -0.4 is 9.47 Å². The van der Waals surface area contributed by atoms with Crippen molar-refractivity contribution in [3.05, 3.63) is 23.8 Å². The largest absolute Gasteiger partial charge is 0.493 e. The maximum atomic E-state index is 12.2. The number of esters is 1. The molecule has 0 aromatic heterocycles. The lowest BCUT2D eigenvalue weighted by Gasteiger charge is -2.20. The van der Waals surface area contributed by atoms with Crippen molar-refractivity contribution in [3.8, 4) is 11.5 Å². The van der Waals surface area contributed by atoms with Crippen molar-refractivity contribution in [1.29, 1.82) is 0 Å². The summed E-state index contributed by atoms with van der Waals surface area (Å²) in [6.07, 6.45) is 0.780. The van der Waals surface area contributed by atoms with Crippen molar-refractivity contribution < 1.29 is 19.0 Å². The van der Waals surface area contributed by atoms with Crippen molar-refractivity contribution in [1.82, 2.24) is 0 Å². The Morgan fingerprint density at radius 3 is 2.11 bits per heavy atom. The first-order chi connectivity index (χ1) is 8.92. The summed E-state index contributed by atoms with van der Waals surface area (Å²) in [6.45, 7) is 4.14. The van der Waals surface area contributed by atoms with Crippen molar-refractivity contribution in [2.75, 3.05) is 21.3 Å². The summed E-state index contributed by atoms with van der Waals surface area (Å²) < 4.78 is 15.5. The number of carbonyl (C=O) groups excluding carboxylic acids is 1. The van der Waals surface area contributed by atoms with Crippen molar-refractivity contribution in [2.45, 2.75) is 25.7 Å². The van der Waals surface area contributed by atoms with Gasteiger partial charge in [0.1, 0.15) is 0 Å². The van der Waals surface area contributed by atoms with Gasteiger partial charge < -0.3 is 14.2 Å². The van der Waals surface area contributed by atoms with Crippen LogP contribution in [0.1, 0.15) is 25.8 Å². The second-order valence-corrected chi connectivity index (χ2v) is 5.53. The summed E-state index contributed by atoms with van der Waals surface area (Å²) in [4.78, 5) is 12.2. The molecule has 2 rings (SSSR count). The second-order valence-electron chi connectivity index (χ2n) is 5.53. The molecule has 104 valence electrons. The van der Waals surface area contributed by atoms with Gasteiger partial charge in [-0.2, -0.15) is 0 Å². The fraction of sp³-hybridized carbons (Fsp3) is 0.533.